The van der Waals surface area contributed by atoms with E-state index in [1.165, 1.54) is 25.7 Å². The van der Waals surface area contributed by atoms with Gasteiger partial charge in [0.1, 0.15) is 0 Å². The van der Waals surface area contributed by atoms with Crippen molar-refractivity contribution in [1.82, 2.24) is 10.6 Å². The first-order valence-electron chi connectivity index (χ1n) is 8.89. The van der Waals surface area contributed by atoms with Crippen LogP contribution >= 0.6 is 0 Å². The minimum absolute atomic E-state index is 0.0682. The van der Waals surface area contributed by atoms with Crippen LogP contribution in [0.1, 0.15) is 38.5 Å². The number of guanidine groups is 1. The van der Waals surface area contributed by atoms with E-state index < -0.39 is 0 Å². The van der Waals surface area contributed by atoms with Crippen molar-refractivity contribution >= 4 is 5.96 Å². The molecule has 0 radical (unpaired) electrons. The van der Waals surface area contributed by atoms with Crippen LogP contribution in [0.25, 0.3) is 0 Å². The van der Waals surface area contributed by atoms with Crippen molar-refractivity contribution in [3.8, 4) is 0 Å². The molecule has 0 bridgehead atoms. The second-order valence-electron chi connectivity index (χ2n) is 7.42. The predicted octanol–water partition coefficient (Wildman–Crippen LogP) is 1.38. The zero-order valence-electron chi connectivity index (χ0n) is 13.8. The Kier molecular flexibility index (Phi) is 5.24. The van der Waals surface area contributed by atoms with Crippen molar-refractivity contribution in [3.05, 3.63) is 0 Å². The molecule has 5 heteroatoms. The number of aliphatic imine (C=N–C) groups is 1. The van der Waals surface area contributed by atoms with Crippen molar-refractivity contribution in [3.63, 3.8) is 0 Å². The third kappa shape index (κ3) is 4.13. The number of nitrogens with zero attached hydrogens (tertiary/aromatic N) is 1. The van der Waals surface area contributed by atoms with E-state index >= 15 is 0 Å². The van der Waals surface area contributed by atoms with Crippen LogP contribution in [0.2, 0.25) is 0 Å². The van der Waals surface area contributed by atoms with Crippen LogP contribution < -0.4 is 10.6 Å². The Balaban J connectivity index is 1.45. The van der Waals surface area contributed by atoms with Crippen LogP contribution in [0.4, 0.5) is 0 Å². The van der Waals surface area contributed by atoms with Gasteiger partial charge in [-0.15, -0.1) is 0 Å². The third-order valence-electron chi connectivity index (χ3n) is 5.64. The summed E-state index contributed by atoms with van der Waals surface area (Å²) in [5, 5.41) is 16.3. The number of hydrogen-bond donors (Lipinski definition) is 3. The Morgan fingerprint density at radius 3 is 2.50 bits per heavy atom. The fraction of sp³-hybridized carbons (Fsp3) is 0.941. The summed E-state index contributed by atoms with van der Waals surface area (Å²) in [7, 11) is 1.84. The van der Waals surface area contributed by atoms with E-state index in [9.17, 15) is 5.11 Å². The molecular formula is C17H31N3O2. The van der Waals surface area contributed by atoms with Crippen LogP contribution in [0.15, 0.2) is 4.99 Å². The summed E-state index contributed by atoms with van der Waals surface area (Å²) in [4.78, 5) is 4.36. The van der Waals surface area contributed by atoms with Crippen LogP contribution in [-0.4, -0.2) is 51.0 Å². The zero-order chi connectivity index (χ0) is 15.4. The fourth-order valence-electron chi connectivity index (χ4n) is 3.79. The summed E-state index contributed by atoms with van der Waals surface area (Å²) >= 11 is 0. The number of hydrogen-bond acceptors (Lipinski definition) is 3. The maximum atomic E-state index is 9.30. The fourth-order valence-corrected chi connectivity index (χ4v) is 3.79. The molecule has 2 saturated carbocycles. The molecule has 1 unspecified atom stereocenters. The van der Waals surface area contributed by atoms with Gasteiger partial charge in [-0.05, 0) is 56.3 Å². The maximum Gasteiger partial charge on any atom is 0.191 e. The Morgan fingerprint density at radius 2 is 2.00 bits per heavy atom. The Labute approximate surface area is 133 Å². The summed E-state index contributed by atoms with van der Waals surface area (Å²) in [6.45, 7) is 3.65. The van der Waals surface area contributed by atoms with Gasteiger partial charge in [-0.25, -0.2) is 0 Å². The van der Waals surface area contributed by atoms with Gasteiger partial charge in [-0.1, -0.05) is 0 Å². The van der Waals surface area contributed by atoms with Gasteiger partial charge in [0.15, 0.2) is 5.96 Å². The van der Waals surface area contributed by atoms with Crippen LogP contribution in [-0.2, 0) is 4.74 Å². The molecule has 0 amide bonds. The molecule has 1 atom stereocenters. The van der Waals surface area contributed by atoms with E-state index in [0.717, 1.165) is 62.9 Å². The number of aliphatic hydroxyl groups excluding tert-OH is 1. The molecule has 2 aliphatic carbocycles. The molecule has 22 heavy (non-hydrogen) atoms. The van der Waals surface area contributed by atoms with Gasteiger partial charge in [0.05, 0.1) is 6.61 Å². The van der Waals surface area contributed by atoms with Crippen molar-refractivity contribution in [1.29, 1.82) is 0 Å². The first-order valence-corrected chi connectivity index (χ1v) is 8.89. The lowest BCUT2D eigenvalue weighted by Crippen LogP contribution is -2.46. The second kappa shape index (κ2) is 7.18. The monoisotopic (exact) mass is 309 g/mol. The van der Waals surface area contributed by atoms with E-state index in [1.54, 1.807) is 0 Å². The molecule has 0 aromatic rings. The van der Waals surface area contributed by atoms with E-state index in [-0.39, 0.29) is 12.0 Å². The van der Waals surface area contributed by atoms with Crippen LogP contribution in [0.3, 0.4) is 0 Å². The first kappa shape index (κ1) is 16.1. The highest BCUT2D eigenvalue weighted by Gasteiger charge is 2.41. The van der Waals surface area contributed by atoms with E-state index in [2.05, 4.69) is 15.6 Å². The summed E-state index contributed by atoms with van der Waals surface area (Å²) in [6.07, 6.45) is 7.50. The van der Waals surface area contributed by atoms with Gasteiger partial charge < -0.3 is 20.5 Å². The standard InChI is InChI=1S/C17H31N3O2/c1-18-16(19-10-15(13-2-3-13)14-4-5-14)20-11-17(6-8-21)7-9-22-12-17/h13-15,21H,2-12H2,1H3,(H2,18,19,20). The zero-order valence-corrected chi connectivity index (χ0v) is 13.8. The molecule has 0 spiro atoms. The molecule has 0 aromatic heterocycles. The highest BCUT2D eigenvalue weighted by molar-refractivity contribution is 5.79. The highest BCUT2D eigenvalue weighted by Crippen LogP contribution is 2.48. The summed E-state index contributed by atoms with van der Waals surface area (Å²) in [5.41, 5.74) is 0.0682. The van der Waals surface area contributed by atoms with Crippen molar-refractivity contribution < 1.29 is 9.84 Å². The summed E-state index contributed by atoms with van der Waals surface area (Å²) in [6, 6.07) is 0. The molecule has 126 valence electrons. The smallest absolute Gasteiger partial charge is 0.191 e. The van der Waals surface area contributed by atoms with Crippen molar-refractivity contribution in [2.75, 3.05) is 40.0 Å². The molecule has 3 aliphatic rings. The van der Waals surface area contributed by atoms with Crippen LogP contribution in [0, 0.1) is 23.2 Å². The average Bonchev–Trinajstić information content (AvgIpc) is 3.44. The van der Waals surface area contributed by atoms with Gasteiger partial charge in [-0.2, -0.15) is 0 Å². The van der Waals surface area contributed by atoms with E-state index in [0.29, 0.717) is 0 Å². The van der Waals surface area contributed by atoms with Crippen LogP contribution in [0.5, 0.6) is 0 Å². The number of rotatable bonds is 8. The lowest BCUT2D eigenvalue weighted by atomic mass is 9.84. The van der Waals surface area contributed by atoms with Gasteiger partial charge in [-0.3, -0.25) is 4.99 Å². The number of ether oxygens (including phenoxy) is 1. The molecule has 3 N–H and O–H groups in total. The summed E-state index contributed by atoms with van der Waals surface area (Å²) in [5.74, 6) is 3.67. The van der Waals surface area contributed by atoms with Crippen molar-refractivity contribution in [2.45, 2.75) is 38.5 Å². The minimum Gasteiger partial charge on any atom is -0.396 e. The van der Waals surface area contributed by atoms with Crippen molar-refractivity contribution in [2.24, 2.45) is 28.2 Å². The van der Waals surface area contributed by atoms with E-state index in [4.69, 9.17) is 4.74 Å². The SMILES string of the molecule is CN=C(NCC(C1CC1)C1CC1)NCC1(CCO)CCOC1. The Hall–Kier alpha value is -0.810. The molecule has 0 aromatic carbocycles. The first-order chi connectivity index (χ1) is 10.8. The van der Waals surface area contributed by atoms with Gasteiger partial charge in [0, 0.05) is 38.8 Å². The lowest BCUT2D eigenvalue weighted by molar-refractivity contribution is 0.127. The minimum atomic E-state index is 0.0682. The second-order valence-corrected chi connectivity index (χ2v) is 7.42. The third-order valence-corrected chi connectivity index (χ3v) is 5.64. The Morgan fingerprint density at radius 1 is 1.27 bits per heavy atom. The van der Waals surface area contributed by atoms with Gasteiger partial charge in [0.25, 0.3) is 0 Å². The van der Waals surface area contributed by atoms with Gasteiger partial charge >= 0.3 is 0 Å². The highest BCUT2D eigenvalue weighted by atomic mass is 16.5. The molecular weight excluding hydrogens is 278 g/mol. The molecule has 1 aliphatic heterocycles. The Bertz CT molecular complexity index is 373. The van der Waals surface area contributed by atoms with Gasteiger partial charge in [0.2, 0.25) is 0 Å². The van der Waals surface area contributed by atoms with E-state index in [1.807, 2.05) is 7.05 Å². The predicted molar refractivity (Wildman–Crippen MR) is 87.9 cm³/mol. The molecule has 5 nitrogen and oxygen atoms in total. The summed E-state index contributed by atoms with van der Waals surface area (Å²) < 4.78 is 5.55. The molecule has 3 fully saturated rings. The molecule has 1 saturated heterocycles. The largest absolute Gasteiger partial charge is 0.396 e. The normalized spacial score (nSPS) is 29.1. The number of nitrogens with one attached hydrogen (secondary N) is 2. The number of aliphatic hydroxyl groups is 1. The molecule has 3 rings (SSSR count). The average molecular weight is 309 g/mol. The lowest BCUT2D eigenvalue weighted by Gasteiger charge is -2.28. The quantitative estimate of drug-likeness (QED) is 0.468. The molecule has 1 heterocycles. The maximum absolute atomic E-state index is 9.30. The topological polar surface area (TPSA) is 65.9 Å².